The number of anilines is 1. The van der Waals surface area contributed by atoms with Crippen molar-refractivity contribution in [1.29, 1.82) is 0 Å². The number of carbonyl (C=O) groups is 1. The summed E-state index contributed by atoms with van der Waals surface area (Å²) in [7, 11) is -3.71. The van der Waals surface area contributed by atoms with Gasteiger partial charge in [-0.15, -0.1) is 12.4 Å². The maximum absolute atomic E-state index is 14.4. The van der Waals surface area contributed by atoms with E-state index < -0.39 is 21.7 Å². The zero-order chi connectivity index (χ0) is 29.4. The summed E-state index contributed by atoms with van der Waals surface area (Å²) in [5.41, 5.74) is 0.299. The van der Waals surface area contributed by atoms with Gasteiger partial charge in [0.05, 0.1) is 22.8 Å². The summed E-state index contributed by atoms with van der Waals surface area (Å²) in [6.45, 7) is 8.93. The molecule has 42 heavy (non-hydrogen) atoms. The van der Waals surface area contributed by atoms with Crippen molar-refractivity contribution >= 4 is 55.0 Å². The lowest BCUT2D eigenvalue weighted by Crippen LogP contribution is -2.39. The molecule has 1 amide bonds. The van der Waals surface area contributed by atoms with Gasteiger partial charge in [-0.05, 0) is 49.6 Å². The van der Waals surface area contributed by atoms with Crippen molar-refractivity contribution in [1.82, 2.24) is 14.2 Å². The molecule has 8 nitrogen and oxygen atoms in total. The van der Waals surface area contributed by atoms with Crippen molar-refractivity contribution in [3.63, 3.8) is 0 Å². The van der Waals surface area contributed by atoms with Gasteiger partial charge in [-0.25, -0.2) is 22.2 Å². The fraction of sp³-hybridized carbons (Fsp3) is 0.517. The van der Waals surface area contributed by atoms with Gasteiger partial charge in [0.2, 0.25) is 10.0 Å². The number of fused-ring (bicyclic) bond motifs is 1. The van der Waals surface area contributed by atoms with Crippen LogP contribution in [0, 0.1) is 11.6 Å². The lowest BCUT2D eigenvalue weighted by molar-refractivity contribution is 0.0376. The van der Waals surface area contributed by atoms with Crippen LogP contribution in [0.1, 0.15) is 56.3 Å². The zero-order valence-electron chi connectivity index (χ0n) is 24.1. The van der Waals surface area contributed by atoms with Gasteiger partial charge in [-0.3, -0.25) is 14.6 Å². The Balaban J connectivity index is 0.00000484. The molecule has 2 aromatic carbocycles. The fourth-order valence-corrected chi connectivity index (χ4v) is 7.26. The van der Waals surface area contributed by atoms with Crippen LogP contribution >= 0.6 is 23.7 Å². The Morgan fingerprint density at radius 1 is 1.00 bits per heavy atom. The largest absolute Gasteiger partial charge is 0.379 e. The number of rotatable bonds is 14. The number of carbonyl (C=O) groups excluding carboxylic acids is 1. The first kappa shape index (κ1) is 34.3. The van der Waals surface area contributed by atoms with Gasteiger partial charge in [0.1, 0.15) is 11.3 Å². The van der Waals surface area contributed by atoms with E-state index in [1.807, 2.05) is 13.8 Å². The van der Waals surface area contributed by atoms with E-state index in [1.165, 1.54) is 39.5 Å². The molecule has 0 bridgehead atoms. The van der Waals surface area contributed by atoms with Crippen molar-refractivity contribution in [3.05, 3.63) is 53.6 Å². The Morgan fingerprint density at radius 2 is 1.64 bits per heavy atom. The van der Waals surface area contributed by atoms with Gasteiger partial charge in [0.25, 0.3) is 5.91 Å². The van der Waals surface area contributed by atoms with E-state index in [-0.39, 0.29) is 39.4 Å². The molecule has 0 radical (unpaired) electrons. The van der Waals surface area contributed by atoms with Crippen molar-refractivity contribution in [2.75, 3.05) is 57.4 Å². The zero-order valence-corrected chi connectivity index (χ0v) is 26.5. The third-order valence-corrected chi connectivity index (χ3v) is 10.0. The highest BCUT2D eigenvalue weighted by Crippen LogP contribution is 2.32. The van der Waals surface area contributed by atoms with E-state index in [0.29, 0.717) is 44.0 Å². The molecule has 4 rings (SSSR count). The average Bonchev–Trinajstić information content (AvgIpc) is 3.39. The molecule has 3 aromatic rings. The van der Waals surface area contributed by atoms with Crippen LogP contribution in [0.15, 0.2) is 41.3 Å². The van der Waals surface area contributed by atoms with Crippen LogP contribution in [0.4, 0.5) is 13.9 Å². The molecule has 1 saturated heterocycles. The summed E-state index contributed by atoms with van der Waals surface area (Å²) in [4.78, 5) is 22.0. The number of sulfonamides is 1. The van der Waals surface area contributed by atoms with Gasteiger partial charge in [0, 0.05) is 50.9 Å². The molecule has 1 aliphatic heterocycles. The summed E-state index contributed by atoms with van der Waals surface area (Å²) in [5, 5.41) is 0.262. The highest BCUT2D eigenvalue weighted by molar-refractivity contribution is 7.89. The number of amides is 1. The molecule has 1 aliphatic rings. The van der Waals surface area contributed by atoms with E-state index in [0.717, 1.165) is 62.7 Å². The van der Waals surface area contributed by atoms with Crippen LogP contribution in [0.25, 0.3) is 10.2 Å². The van der Waals surface area contributed by atoms with E-state index in [9.17, 15) is 22.0 Å². The Kier molecular flexibility index (Phi) is 13.1. The number of thiazole rings is 1. The number of unbranched alkanes of at least 4 members (excludes halogenated alkanes) is 2. The predicted molar refractivity (Wildman–Crippen MR) is 165 cm³/mol. The molecule has 0 unspecified atom stereocenters. The summed E-state index contributed by atoms with van der Waals surface area (Å²) in [6, 6.07) is 7.93. The Hall–Kier alpha value is -2.22. The van der Waals surface area contributed by atoms with Gasteiger partial charge in [-0.1, -0.05) is 38.0 Å². The first-order valence-electron chi connectivity index (χ1n) is 14.2. The summed E-state index contributed by atoms with van der Waals surface area (Å²) in [6.07, 6.45) is 3.94. The van der Waals surface area contributed by atoms with Crippen LogP contribution in [0.3, 0.4) is 0 Å². The molecule has 0 atom stereocenters. The second kappa shape index (κ2) is 16.0. The second-order valence-electron chi connectivity index (χ2n) is 10.1. The predicted octanol–water partition coefficient (Wildman–Crippen LogP) is 5.96. The fourth-order valence-electron chi connectivity index (χ4n) is 4.72. The molecule has 1 aromatic heterocycles. The van der Waals surface area contributed by atoms with Crippen LogP contribution < -0.4 is 4.90 Å². The SMILES string of the molecule is CCCCN(CCCC)S(=O)(=O)c1ccc(C(=O)N(CCCN2CCOCC2)c2nc3c(F)cc(F)cc3s2)cc1.Cl. The van der Waals surface area contributed by atoms with Crippen molar-refractivity contribution in [2.45, 2.75) is 50.8 Å². The first-order chi connectivity index (χ1) is 19.7. The maximum atomic E-state index is 14.4. The van der Waals surface area contributed by atoms with Gasteiger partial charge in [0.15, 0.2) is 10.9 Å². The summed E-state index contributed by atoms with van der Waals surface area (Å²) in [5.74, 6) is -1.88. The number of nitrogens with zero attached hydrogens (tertiary/aromatic N) is 4. The molecule has 0 N–H and O–H groups in total. The Morgan fingerprint density at radius 3 is 2.26 bits per heavy atom. The molecule has 232 valence electrons. The third-order valence-electron chi connectivity index (χ3n) is 7.10. The minimum Gasteiger partial charge on any atom is -0.379 e. The smallest absolute Gasteiger partial charge is 0.260 e. The number of aromatic nitrogens is 1. The topological polar surface area (TPSA) is 83.1 Å². The minimum atomic E-state index is -3.71. The van der Waals surface area contributed by atoms with E-state index in [2.05, 4.69) is 9.88 Å². The lowest BCUT2D eigenvalue weighted by Gasteiger charge is -2.27. The number of morpholine rings is 1. The van der Waals surface area contributed by atoms with Gasteiger partial charge in [-0.2, -0.15) is 4.31 Å². The first-order valence-corrected chi connectivity index (χ1v) is 16.5. The molecule has 1 fully saturated rings. The molecular formula is C29H39ClF2N4O4S2. The number of benzene rings is 2. The Bertz CT molecular complexity index is 1410. The van der Waals surface area contributed by atoms with E-state index in [1.54, 1.807) is 0 Å². The van der Waals surface area contributed by atoms with Crippen LogP contribution in [0.2, 0.25) is 0 Å². The quantitative estimate of drug-likeness (QED) is 0.216. The van der Waals surface area contributed by atoms with Crippen molar-refractivity contribution < 1.29 is 26.7 Å². The molecule has 0 aliphatic carbocycles. The van der Waals surface area contributed by atoms with Crippen molar-refractivity contribution in [2.24, 2.45) is 0 Å². The number of hydrogen-bond acceptors (Lipinski definition) is 7. The lowest BCUT2D eigenvalue weighted by atomic mass is 10.2. The number of hydrogen-bond donors (Lipinski definition) is 0. The monoisotopic (exact) mass is 644 g/mol. The van der Waals surface area contributed by atoms with Crippen LogP contribution in [0.5, 0.6) is 0 Å². The third kappa shape index (κ3) is 8.45. The van der Waals surface area contributed by atoms with Crippen molar-refractivity contribution in [3.8, 4) is 0 Å². The van der Waals surface area contributed by atoms with E-state index in [4.69, 9.17) is 4.74 Å². The molecule has 0 spiro atoms. The summed E-state index contributed by atoms with van der Waals surface area (Å²) >= 11 is 1.05. The highest BCUT2D eigenvalue weighted by atomic mass is 35.5. The maximum Gasteiger partial charge on any atom is 0.260 e. The Labute approximate surface area is 257 Å². The highest BCUT2D eigenvalue weighted by Gasteiger charge is 2.26. The van der Waals surface area contributed by atoms with Gasteiger partial charge < -0.3 is 4.74 Å². The standard InChI is InChI=1S/C29H38F2N4O4S2.ClH/c1-3-5-13-34(14-6-4-2)41(37,38)24-10-8-22(9-11-24)28(36)35(15-7-12-33-16-18-39-19-17-33)29-32-27-25(31)20-23(30)21-26(27)40-29;/h8-11,20-21H,3-7,12-19H2,1-2H3;1H. The molecule has 2 heterocycles. The molecule has 13 heteroatoms. The number of halogens is 3. The van der Waals surface area contributed by atoms with Crippen LogP contribution in [-0.2, 0) is 14.8 Å². The minimum absolute atomic E-state index is 0. The van der Waals surface area contributed by atoms with Crippen LogP contribution in [-0.4, -0.2) is 81.0 Å². The molecule has 0 saturated carbocycles. The second-order valence-corrected chi connectivity index (χ2v) is 13.1. The van der Waals surface area contributed by atoms with Gasteiger partial charge >= 0.3 is 0 Å². The van der Waals surface area contributed by atoms with E-state index >= 15 is 0 Å². The number of ether oxygens (including phenoxy) is 1. The average molecular weight is 645 g/mol. The summed E-state index contributed by atoms with van der Waals surface area (Å²) < 4.78 is 62.3. The molecular weight excluding hydrogens is 606 g/mol. The normalized spacial score (nSPS) is 14.3.